The van der Waals surface area contributed by atoms with Gasteiger partial charge in [-0.15, -0.1) is 0 Å². The summed E-state index contributed by atoms with van der Waals surface area (Å²) in [6, 6.07) is 14.5. The summed E-state index contributed by atoms with van der Waals surface area (Å²) in [7, 11) is 0. The van der Waals surface area contributed by atoms with Gasteiger partial charge in [0.1, 0.15) is 6.54 Å². The van der Waals surface area contributed by atoms with Gasteiger partial charge in [0.05, 0.1) is 5.52 Å². The van der Waals surface area contributed by atoms with Crippen molar-refractivity contribution in [2.75, 3.05) is 0 Å². The van der Waals surface area contributed by atoms with Crippen molar-refractivity contribution in [3.05, 3.63) is 65.5 Å². The van der Waals surface area contributed by atoms with Gasteiger partial charge in [-0.2, -0.15) is 0 Å². The van der Waals surface area contributed by atoms with E-state index in [1.54, 1.807) is 0 Å². The van der Waals surface area contributed by atoms with Crippen molar-refractivity contribution in [1.29, 1.82) is 0 Å². The Morgan fingerprint density at radius 3 is 2.50 bits per heavy atom. The lowest BCUT2D eigenvalue weighted by Crippen LogP contribution is -2.09. The lowest BCUT2D eigenvalue weighted by molar-refractivity contribution is -0.137. The van der Waals surface area contributed by atoms with Crippen LogP contribution in [0.3, 0.4) is 0 Å². The molecule has 0 spiro atoms. The first-order valence-corrected chi connectivity index (χ1v) is 8.62. The van der Waals surface area contributed by atoms with Crippen molar-refractivity contribution in [2.24, 2.45) is 0 Å². The predicted molar refractivity (Wildman–Crippen MR) is 105 cm³/mol. The van der Waals surface area contributed by atoms with Crippen LogP contribution in [-0.4, -0.2) is 20.6 Å². The molecule has 0 atom stereocenters. The minimum Gasteiger partial charge on any atom is -0.480 e. The molecule has 1 N–H and O–H groups in total. The Hall–Kier alpha value is -3.14. The largest absolute Gasteiger partial charge is 0.480 e. The first-order chi connectivity index (χ1) is 12.5. The lowest BCUT2D eigenvalue weighted by Gasteiger charge is -2.09. The molecule has 0 amide bonds. The lowest BCUT2D eigenvalue weighted by atomic mass is 9.97. The van der Waals surface area contributed by atoms with E-state index in [2.05, 4.69) is 43.1 Å². The predicted octanol–water partition coefficient (Wildman–Crippen LogP) is 4.87. The molecule has 4 rings (SSSR count). The van der Waals surface area contributed by atoms with E-state index in [0.717, 1.165) is 44.2 Å². The van der Waals surface area contributed by atoms with Gasteiger partial charge in [-0.1, -0.05) is 23.8 Å². The van der Waals surface area contributed by atoms with E-state index in [-0.39, 0.29) is 6.54 Å². The van der Waals surface area contributed by atoms with Crippen LogP contribution in [-0.2, 0) is 11.3 Å². The Labute approximate surface area is 151 Å². The monoisotopic (exact) mass is 344 g/mol. The van der Waals surface area contributed by atoms with Crippen LogP contribution < -0.4 is 0 Å². The van der Waals surface area contributed by atoms with Gasteiger partial charge >= 0.3 is 5.97 Å². The molecule has 0 fully saturated rings. The molecule has 0 aliphatic carbocycles. The topological polar surface area (TPSA) is 55.1 Å². The zero-order valence-electron chi connectivity index (χ0n) is 15.1. The number of pyridine rings is 1. The first kappa shape index (κ1) is 16.3. The van der Waals surface area contributed by atoms with Crippen molar-refractivity contribution < 1.29 is 9.90 Å². The maximum Gasteiger partial charge on any atom is 0.323 e. The van der Waals surface area contributed by atoms with Crippen LogP contribution in [0, 0.1) is 20.8 Å². The van der Waals surface area contributed by atoms with Crippen molar-refractivity contribution in [2.45, 2.75) is 27.3 Å². The smallest absolute Gasteiger partial charge is 0.323 e. The van der Waals surface area contributed by atoms with Crippen LogP contribution in [0.5, 0.6) is 0 Å². The van der Waals surface area contributed by atoms with Gasteiger partial charge in [-0.05, 0) is 56.2 Å². The van der Waals surface area contributed by atoms with Crippen LogP contribution in [0.4, 0.5) is 0 Å². The van der Waals surface area contributed by atoms with Crippen LogP contribution in [0.15, 0.2) is 48.7 Å². The van der Waals surface area contributed by atoms with Crippen molar-refractivity contribution in [3.63, 3.8) is 0 Å². The number of carbonyl (C=O) groups is 1. The molecule has 0 bridgehead atoms. The number of fused-ring (bicyclic) bond motifs is 2. The molecule has 0 saturated heterocycles. The fourth-order valence-corrected chi connectivity index (χ4v) is 3.75. The van der Waals surface area contributed by atoms with E-state index >= 15 is 0 Å². The maximum absolute atomic E-state index is 11.4. The summed E-state index contributed by atoms with van der Waals surface area (Å²) in [4.78, 5) is 15.9. The van der Waals surface area contributed by atoms with Crippen molar-refractivity contribution >= 4 is 27.8 Å². The van der Waals surface area contributed by atoms with E-state index in [1.807, 2.05) is 35.9 Å². The normalized spacial score (nSPS) is 11.3. The Balaban J connectivity index is 2.11. The number of carboxylic acids is 1. The molecule has 0 unspecified atom stereocenters. The second-order valence-corrected chi connectivity index (χ2v) is 6.84. The van der Waals surface area contributed by atoms with E-state index < -0.39 is 5.97 Å². The molecule has 4 aromatic rings. The molecule has 2 aromatic heterocycles. The van der Waals surface area contributed by atoms with E-state index in [9.17, 15) is 9.90 Å². The average Bonchev–Trinajstić information content (AvgIpc) is 2.85. The van der Waals surface area contributed by atoms with Crippen LogP contribution in [0.1, 0.15) is 16.8 Å². The van der Waals surface area contributed by atoms with Gasteiger partial charge in [-0.25, -0.2) is 0 Å². The zero-order chi connectivity index (χ0) is 18.4. The number of hydrogen-bond acceptors (Lipinski definition) is 2. The van der Waals surface area contributed by atoms with Crippen molar-refractivity contribution in [3.8, 4) is 11.1 Å². The average molecular weight is 344 g/mol. The highest BCUT2D eigenvalue weighted by Gasteiger charge is 2.19. The second kappa shape index (κ2) is 5.99. The number of nitrogens with zero attached hydrogens (tertiary/aromatic N) is 2. The number of aryl methyl sites for hydroxylation is 2. The van der Waals surface area contributed by atoms with Crippen LogP contribution in [0.2, 0.25) is 0 Å². The minimum absolute atomic E-state index is 0.0481. The maximum atomic E-state index is 11.4. The number of hydrogen-bond donors (Lipinski definition) is 1. The summed E-state index contributed by atoms with van der Waals surface area (Å²) in [5, 5.41) is 11.5. The SMILES string of the molecule is Cc1ccc2c(-c3c(C)n(CC(=O)O)c4ccc(C)cc34)ccnc2c1. The molecule has 26 heavy (non-hydrogen) atoms. The number of rotatable bonds is 3. The quantitative estimate of drug-likeness (QED) is 0.577. The number of carboxylic acid groups (broad SMARTS) is 1. The van der Waals surface area contributed by atoms with Gasteiger partial charge < -0.3 is 9.67 Å². The summed E-state index contributed by atoms with van der Waals surface area (Å²) in [5.74, 6) is -0.840. The second-order valence-electron chi connectivity index (χ2n) is 6.84. The molecular formula is C22H20N2O2. The Kier molecular flexibility index (Phi) is 3.76. The zero-order valence-corrected chi connectivity index (χ0v) is 15.1. The van der Waals surface area contributed by atoms with Gasteiger partial charge in [-0.3, -0.25) is 9.78 Å². The fourth-order valence-electron chi connectivity index (χ4n) is 3.75. The van der Waals surface area contributed by atoms with Crippen molar-refractivity contribution in [1.82, 2.24) is 9.55 Å². The number of aliphatic carboxylic acids is 1. The Bertz CT molecular complexity index is 1170. The molecule has 0 aliphatic heterocycles. The summed E-state index contributed by atoms with van der Waals surface area (Å²) in [6.45, 7) is 6.06. The molecule has 0 aliphatic rings. The summed E-state index contributed by atoms with van der Waals surface area (Å²) in [6.07, 6.45) is 1.83. The standard InChI is InChI=1S/C22H20N2O2/c1-13-5-7-20-18(10-13)22(15(3)24(20)12-21(25)26)17-8-9-23-19-11-14(2)4-6-16(17)19/h4-11H,12H2,1-3H3,(H,25,26). The molecule has 0 radical (unpaired) electrons. The first-order valence-electron chi connectivity index (χ1n) is 8.62. The third kappa shape index (κ3) is 2.54. The Morgan fingerprint density at radius 2 is 1.73 bits per heavy atom. The third-order valence-electron chi connectivity index (χ3n) is 4.94. The fraction of sp³-hybridized carbons (Fsp3) is 0.182. The summed E-state index contributed by atoms with van der Waals surface area (Å²) < 4.78 is 1.88. The van der Waals surface area contributed by atoms with Gasteiger partial charge in [0, 0.05) is 33.7 Å². The molecule has 4 heteroatoms. The van der Waals surface area contributed by atoms with Crippen LogP contribution in [0.25, 0.3) is 32.9 Å². The van der Waals surface area contributed by atoms with Gasteiger partial charge in [0.25, 0.3) is 0 Å². The molecule has 130 valence electrons. The Morgan fingerprint density at radius 1 is 1.00 bits per heavy atom. The van der Waals surface area contributed by atoms with Gasteiger partial charge in [0.15, 0.2) is 0 Å². The van der Waals surface area contributed by atoms with E-state index in [1.165, 1.54) is 5.56 Å². The minimum atomic E-state index is -0.840. The van der Waals surface area contributed by atoms with E-state index in [4.69, 9.17) is 0 Å². The highest BCUT2D eigenvalue weighted by atomic mass is 16.4. The number of aromatic nitrogens is 2. The molecular weight excluding hydrogens is 324 g/mol. The highest BCUT2D eigenvalue weighted by molar-refractivity contribution is 6.06. The van der Waals surface area contributed by atoms with E-state index in [0.29, 0.717) is 0 Å². The molecule has 2 aromatic carbocycles. The summed E-state index contributed by atoms with van der Waals surface area (Å²) in [5.41, 5.74) is 7.36. The summed E-state index contributed by atoms with van der Waals surface area (Å²) >= 11 is 0. The number of benzene rings is 2. The molecule has 4 nitrogen and oxygen atoms in total. The van der Waals surface area contributed by atoms with Gasteiger partial charge in [0.2, 0.25) is 0 Å². The van der Waals surface area contributed by atoms with Crippen LogP contribution >= 0.6 is 0 Å². The highest BCUT2D eigenvalue weighted by Crippen LogP contribution is 2.38. The third-order valence-corrected chi connectivity index (χ3v) is 4.94. The molecule has 2 heterocycles. The molecule has 0 saturated carbocycles.